The fraction of sp³-hybridized carbons (Fsp3) is 0.400. The molecule has 0 unspecified atom stereocenters. The normalized spacial score (nSPS) is 17.4. The van der Waals surface area contributed by atoms with Crippen molar-refractivity contribution in [1.29, 1.82) is 0 Å². The number of amides is 3. The average Bonchev–Trinajstić information content (AvgIpc) is 3.18. The molecule has 1 aromatic carbocycles. The van der Waals surface area contributed by atoms with Crippen molar-refractivity contribution in [2.75, 3.05) is 31.5 Å². The second-order valence-corrected chi connectivity index (χ2v) is 6.96. The van der Waals surface area contributed by atoms with Crippen LogP contribution in [0.4, 0.5) is 10.5 Å². The molecule has 1 atom stereocenters. The lowest BCUT2D eigenvalue weighted by Gasteiger charge is -2.31. The van der Waals surface area contributed by atoms with Crippen molar-refractivity contribution in [1.82, 2.24) is 14.8 Å². The molecule has 3 amide bonds. The minimum atomic E-state index is -0.233. The van der Waals surface area contributed by atoms with Gasteiger partial charge in [-0.2, -0.15) is 0 Å². The number of nitrogens with zero attached hydrogens (tertiary/aromatic N) is 2. The summed E-state index contributed by atoms with van der Waals surface area (Å²) in [6.45, 7) is 4.83. The second kappa shape index (κ2) is 8.73. The number of likely N-dealkylation sites (tertiary alicyclic amines) is 1. The smallest absolute Gasteiger partial charge is 0.319 e. The van der Waals surface area contributed by atoms with Crippen molar-refractivity contribution in [2.45, 2.75) is 19.8 Å². The Kier molecular flexibility index (Phi) is 6.13. The van der Waals surface area contributed by atoms with Gasteiger partial charge in [0, 0.05) is 43.4 Å². The molecular weight excluding hydrogens is 342 g/mol. The molecule has 144 valence electrons. The number of nitrogens with one attached hydrogen (secondary N) is 2. The third-order valence-electron chi connectivity index (χ3n) is 5.06. The molecule has 0 aliphatic carbocycles. The van der Waals surface area contributed by atoms with E-state index in [1.54, 1.807) is 0 Å². The highest BCUT2D eigenvalue weighted by atomic mass is 16.2. The number of piperidine rings is 1. The predicted octanol–water partition coefficient (Wildman–Crippen LogP) is 2.10. The largest absolute Gasteiger partial charge is 0.369 e. The van der Waals surface area contributed by atoms with Gasteiger partial charge in [0.2, 0.25) is 5.91 Å². The van der Waals surface area contributed by atoms with Crippen molar-refractivity contribution >= 4 is 17.6 Å². The highest BCUT2D eigenvalue weighted by Crippen LogP contribution is 2.22. The molecule has 2 heterocycles. The fourth-order valence-corrected chi connectivity index (χ4v) is 3.52. The molecule has 1 saturated heterocycles. The van der Waals surface area contributed by atoms with Gasteiger partial charge in [0.05, 0.1) is 5.92 Å². The summed E-state index contributed by atoms with van der Waals surface area (Å²) in [5, 5.41) is 5.81. The first-order valence-electron chi connectivity index (χ1n) is 9.34. The van der Waals surface area contributed by atoms with Crippen LogP contribution in [0.3, 0.4) is 0 Å². The van der Waals surface area contributed by atoms with Crippen LogP contribution in [0.25, 0.3) is 5.69 Å². The van der Waals surface area contributed by atoms with Crippen molar-refractivity contribution < 1.29 is 9.59 Å². The van der Waals surface area contributed by atoms with Gasteiger partial charge in [-0.15, -0.1) is 0 Å². The first-order valence-corrected chi connectivity index (χ1v) is 9.34. The molecule has 1 aliphatic heterocycles. The summed E-state index contributed by atoms with van der Waals surface area (Å²) in [6, 6.07) is 9.54. The maximum absolute atomic E-state index is 12.3. The molecule has 4 N–H and O–H groups in total. The standard InChI is InChI=1S/C20H27N5O2/c1-15-17(7-4-8-18(15)25-11-2-3-12-25)23-20(27)22-9-13-24-10-5-6-16(14-24)19(21)26/h2-4,7-8,11-12,16H,5-6,9-10,13-14H2,1H3,(H2,21,26)(H2,22,23,27)/t16-/m1/s1. The molecule has 1 aromatic heterocycles. The summed E-state index contributed by atoms with van der Waals surface area (Å²) in [5.41, 5.74) is 8.22. The summed E-state index contributed by atoms with van der Waals surface area (Å²) < 4.78 is 2.02. The van der Waals surface area contributed by atoms with E-state index in [0.717, 1.165) is 36.3 Å². The van der Waals surface area contributed by atoms with Gasteiger partial charge in [-0.3, -0.25) is 4.79 Å². The Bertz CT molecular complexity index is 788. The van der Waals surface area contributed by atoms with Crippen LogP contribution in [-0.4, -0.2) is 47.6 Å². The third kappa shape index (κ3) is 4.89. The molecule has 0 saturated carbocycles. The zero-order valence-corrected chi connectivity index (χ0v) is 15.6. The van der Waals surface area contributed by atoms with Crippen LogP contribution in [0.15, 0.2) is 42.7 Å². The van der Waals surface area contributed by atoms with Crippen molar-refractivity contribution in [3.8, 4) is 5.69 Å². The van der Waals surface area contributed by atoms with Gasteiger partial charge in [-0.25, -0.2) is 4.79 Å². The maximum atomic E-state index is 12.3. The molecule has 27 heavy (non-hydrogen) atoms. The van der Waals surface area contributed by atoms with Gasteiger partial charge in [-0.1, -0.05) is 6.07 Å². The van der Waals surface area contributed by atoms with Crippen LogP contribution < -0.4 is 16.4 Å². The number of nitrogens with two attached hydrogens (primary N) is 1. The fourth-order valence-electron chi connectivity index (χ4n) is 3.52. The third-order valence-corrected chi connectivity index (χ3v) is 5.06. The number of hydrogen-bond acceptors (Lipinski definition) is 3. The molecule has 7 nitrogen and oxygen atoms in total. The van der Waals surface area contributed by atoms with Gasteiger partial charge in [0.15, 0.2) is 0 Å². The van der Waals surface area contributed by atoms with Crippen LogP contribution in [0.2, 0.25) is 0 Å². The van der Waals surface area contributed by atoms with Gasteiger partial charge in [-0.05, 0) is 56.1 Å². The number of hydrogen-bond donors (Lipinski definition) is 3. The number of primary amides is 1. The molecule has 0 radical (unpaired) electrons. The van der Waals surface area contributed by atoms with Gasteiger partial charge in [0.25, 0.3) is 0 Å². The zero-order valence-electron chi connectivity index (χ0n) is 15.6. The Morgan fingerprint density at radius 2 is 2.00 bits per heavy atom. The predicted molar refractivity (Wildman–Crippen MR) is 106 cm³/mol. The second-order valence-electron chi connectivity index (χ2n) is 6.96. The number of benzene rings is 1. The molecule has 3 rings (SSSR count). The van der Waals surface area contributed by atoms with Crippen LogP contribution in [0, 0.1) is 12.8 Å². The lowest BCUT2D eigenvalue weighted by Crippen LogP contribution is -2.44. The Balaban J connectivity index is 1.50. The topological polar surface area (TPSA) is 92.4 Å². The van der Waals surface area contributed by atoms with Gasteiger partial charge in [0.1, 0.15) is 0 Å². The van der Waals surface area contributed by atoms with E-state index in [2.05, 4.69) is 15.5 Å². The van der Waals surface area contributed by atoms with Crippen LogP contribution >= 0.6 is 0 Å². The van der Waals surface area contributed by atoms with Crippen LogP contribution in [0.5, 0.6) is 0 Å². The summed E-state index contributed by atoms with van der Waals surface area (Å²) in [7, 11) is 0. The molecule has 2 aromatic rings. The van der Waals surface area contributed by atoms with Crippen molar-refractivity contribution in [3.05, 3.63) is 48.3 Å². The number of carbonyl (C=O) groups is 2. The van der Waals surface area contributed by atoms with E-state index in [9.17, 15) is 9.59 Å². The van der Waals surface area contributed by atoms with Gasteiger partial charge >= 0.3 is 6.03 Å². The van der Waals surface area contributed by atoms with Gasteiger partial charge < -0.3 is 25.8 Å². The number of urea groups is 1. The Morgan fingerprint density at radius 3 is 2.74 bits per heavy atom. The molecular formula is C20H27N5O2. The minimum absolute atomic E-state index is 0.0772. The highest BCUT2D eigenvalue weighted by molar-refractivity contribution is 5.90. The summed E-state index contributed by atoms with van der Waals surface area (Å²) >= 11 is 0. The SMILES string of the molecule is Cc1c(NC(=O)NCCN2CCC[C@@H](C(N)=O)C2)cccc1-n1cccc1. The maximum Gasteiger partial charge on any atom is 0.319 e. The average molecular weight is 369 g/mol. The van der Waals surface area contributed by atoms with E-state index in [0.29, 0.717) is 19.6 Å². The summed E-state index contributed by atoms with van der Waals surface area (Å²) in [5.74, 6) is -0.310. The minimum Gasteiger partial charge on any atom is -0.369 e. The monoisotopic (exact) mass is 369 g/mol. The summed E-state index contributed by atoms with van der Waals surface area (Å²) in [6.07, 6.45) is 5.77. The molecule has 7 heteroatoms. The van der Waals surface area contributed by atoms with E-state index < -0.39 is 0 Å². The molecule has 0 spiro atoms. The van der Waals surface area contributed by atoms with E-state index in [4.69, 9.17) is 5.73 Å². The van der Waals surface area contributed by atoms with Crippen LogP contribution in [-0.2, 0) is 4.79 Å². The van der Waals surface area contributed by atoms with Crippen molar-refractivity contribution in [2.24, 2.45) is 11.7 Å². The van der Waals surface area contributed by atoms with Crippen molar-refractivity contribution in [3.63, 3.8) is 0 Å². The first kappa shape index (κ1) is 19.0. The van der Waals surface area contributed by atoms with E-state index in [-0.39, 0.29) is 17.9 Å². The first-order chi connectivity index (χ1) is 13.0. The Hall–Kier alpha value is -2.80. The molecule has 0 bridgehead atoms. The quantitative estimate of drug-likeness (QED) is 0.728. The van der Waals surface area contributed by atoms with Crippen LogP contribution in [0.1, 0.15) is 18.4 Å². The Labute approximate surface area is 159 Å². The zero-order chi connectivity index (χ0) is 19.2. The number of carbonyl (C=O) groups excluding carboxylic acids is 2. The highest BCUT2D eigenvalue weighted by Gasteiger charge is 2.23. The number of aromatic nitrogens is 1. The van der Waals surface area contributed by atoms with E-state index >= 15 is 0 Å². The molecule has 1 aliphatic rings. The lowest BCUT2D eigenvalue weighted by molar-refractivity contribution is -0.123. The van der Waals surface area contributed by atoms with E-state index in [1.165, 1.54) is 0 Å². The Morgan fingerprint density at radius 1 is 1.22 bits per heavy atom. The number of anilines is 1. The lowest BCUT2D eigenvalue weighted by atomic mass is 9.97. The van der Waals surface area contributed by atoms with E-state index in [1.807, 2.05) is 54.2 Å². The number of rotatable bonds is 6. The summed E-state index contributed by atoms with van der Waals surface area (Å²) in [4.78, 5) is 25.8. The molecule has 1 fully saturated rings.